The molecule has 0 aliphatic carbocycles. The molecule has 2 N–H and O–H groups in total. The van der Waals surface area contributed by atoms with E-state index in [1.165, 1.54) is 6.21 Å². The maximum absolute atomic E-state index is 9.22. The SMILES string of the molecule is CC[C@H](Nc1ccc(C#N)cc1C=N)c1ccc(C(C)(C)C#N)nc1. The van der Waals surface area contributed by atoms with Gasteiger partial charge >= 0.3 is 0 Å². The summed E-state index contributed by atoms with van der Waals surface area (Å²) in [6.45, 7) is 5.76. The summed E-state index contributed by atoms with van der Waals surface area (Å²) in [6.07, 6.45) is 3.87. The van der Waals surface area contributed by atoms with Crippen LogP contribution in [-0.4, -0.2) is 11.2 Å². The fourth-order valence-electron chi connectivity index (χ4n) is 2.53. The lowest BCUT2D eigenvalue weighted by atomic mass is 9.90. The number of hydrogen-bond donors (Lipinski definition) is 2. The monoisotopic (exact) mass is 331 g/mol. The van der Waals surface area contributed by atoms with Gasteiger partial charge in [-0.3, -0.25) is 4.98 Å². The van der Waals surface area contributed by atoms with Crippen molar-refractivity contribution in [1.82, 2.24) is 4.98 Å². The van der Waals surface area contributed by atoms with E-state index in [4.69, 9.17) is 10.7 Å². The van der Waals surface area contributed by atoms with E-state index in [9.17, 15) is 5.26 Å². The molecule has 0 fully saturated rings. The standard InChI is InChI=1S/C20H21N5/c1-4-17(15-6-8-19(24-12-15)20(2,3)13-23)25-18-7-5-14(10-21)9-16(18)11-22/h5-9,11-12,17,22,25H,4H2,1-3H3/t17-/m0/s1. The van der Waals surface area contributed by atoms with Crippen molar-refractivity contribution in [3.8, 4) is 12.1 Å². The number of nitriles is 2. The molecule has 0 unspecified atom stereocenters. The molecule has 0 radical (unpaired) electrons. The molecular weight excluding hydrogens is 310 g/mol. The predicted octanol–water partition coefficient (Wildman–Crippen LogP) is 4.32. The van der Waals surface area contributed by atoms with E-state index >= 15 is 0 Å². The summed E-state index contributed by atoms with van der Waals surface area (Å²) in [4.78, 5) is 4.45. The van der Waals surface area contributed by atoms with Crippen LogP contribution in [0.5, 0.6) is 0 Å². The largest absolute Gasteiger partial charge is 0.378 e. The maximum atomic E-state index is 9.22. The van der Waals surface area contributed by atoms with Crippen molar-refractivity contribution in [3.63, 3.8) is 0 Å². The maximum Gasteiger partial charge on any atom is 0.0991 e. The first-order chi connectivity index (χ1) is 11.9. The molecule has 0 aliphatic heterocycles. The summed E-state index contributed by atoms with van der Waals surface area (Å²) in [7, 11) is 0. The van der Waals surface area contributed by atoms with Crippen LogP contribution in [-0.2, 0) is 5.41 Å². The van der Waals surface area contributed by atoms with Crippen molar-refractivity contribution in [2.24, 2.45) is 0 Å². The second kappa shape index (κ2) is 7.59. The topological polar surface area (TPSA) is 96.4 Å². The van der Waals surface area contributed by atoms with Crippen molar-refractivity contribution in [2.45, 2.75) is 38.6 Å². The van der Waals surface area contributed by atoms with Crippen molar-refractivity contribution in [2.75, 3.05) is 5.32 Å². The van der Waals surface area contributed by atoms with E-state index in [1.54, 1.807) is 18.3 Å². The van der Waals surface area contributed by atoms with Gasteiger partial charge in [-0.2, -0.15) is 10.5 Å². The Morgan fingerprint density at radius 3 is 2.56 bits per heavy atom. The second-order valence-corrected chi connectivity index (χ2v) is 6.38. The summed E-state index contributed by atoms with van der Waals surface area (Å²) in [5, 5.41) is 29.2. The van der Waals surface area contributed by atoms with Gasteiger partial charge in [-0.15, -0.1) is 0 Å². The van der Waals surface area contributed by atoms with Crippen molar-refractivity contribution in [1.29, 1.82) is 15.9 Å². The first kappa shape index (κ1) is 18.2. The van der Waals surface area contributed by atoms with Crippen LogP contribution < -0.4 is 5.32 Å². The highest BCUT2D eigenvalue weighted by Gasteiger charge is 2.22. The molecule has 2 aromatic rings. The van der Waals surface area contributed by atoms with Crippen LogP contribution in [0.15, 0.2) is 36.5 Å². The Morgan fingerprint density at radius 2 is 2.04 bits per heavy atom. The quantitative estimate of drug-likeness (QED) is 0.771. The molecule has 5 nitrogen and oxygen atoms in total. The fourth-order valence-corrected chi connectivity index (χ4v) is 2.53. The predicted molar refractivity (Wildman–Crippen MR) is 98.6 cm³/mol. The number of hydrogen-bond acceptors (Lipinski definition) is 5. The summed E-state index contributed by atoms with van der Waals surface area (Å²) in [6, 6.07) is 13.5. The lowest BCUT2D eigenvalue weighted by Crippen LogP contribution is -2.17. The molecule has 126 valence electrons. The minimum absolute atomic E-state index is 0.0263. The lowest BCUT2D eigenvalue weighted by molar-refractivity contribution is 0.654. The zero-order valence-corrected chi connectivity index (χ0v) is 14.7. The Morgan fingerprint density at radius 1 is 1.28 bits per heavy atom. The summed E-state index contributed by atoms with van der Waals surface area (Å²) >= 11 is 0. The average Bonchev–Trinajstić information content (AvgIpc) is 2.66. The third-order valence-corrected chi connectivity index (χ3v) is 4.18. The molecule has 25 heavy (non-hydrogen) atoms. The highest BCUT2D eigenvalue weighted by molar-refractivity contribution is 5.86. The van der Waals surface area contributed by atoms with Crippen LogP contribution in [0.4, 0.5) is 5.69 Å². The van der Waals surface area contributed by atoms with Gasteiger partial charge < -0.3 is 10.7 Å². The molecule has 1 aromatic carbocycles. The third-order valence-electron chi connectivity index (χ3n) is 4.18. The van der Waals surface area contributed by atoms with Gasteiger partial charge in [-0.05, 0) is 50.1 Å². The molecule has 0 saturated heterocycles. The molecule has 0 aliphatic rings. The number of anilines is 1. The number of benzene rings is 1. The Hall–Kier alpha value is -3.18. The lowest BCUT2D eigenvalue weighted by Gasteiger charge is -2.21. The van der Waals surface area contributed by atoms with Crippen molar-refractivity contribution in [3.05, 3.63) is 58.9 Å². The molecule has 2 rings (SSSR count). The summed E-state index contributed by atoms with van der Waals surface area (Å²) in [5.41, 5.74) is 3.15. The van der Waals surface area contributed by atoms with Gasteiger partial charge in [0.25, 0.3) is 0 Å². The molecule has 0 bridgehead atoms. The van der Waals surface area contributed by atoms with Crippen LogP contribution in [0.1, 0.15) is 55.6 Å². The third kappa shape index (κ3) is 4.02. The Kier molecular flexibility index (Phi) is 5.52. The van der Waals surface area contributed by atoms with E-state index in [0.717, 1.165) is 23.4 Å². The molecule has 0 amide bonds. The number of nitrogens with one attached hydrogen (secondary N) is 2. The zero-order valence-electron chi connectivity index (χ0n) is 14.7. The smallest absolute Gasteiger partial charge is 0.0991 e. The number of pyridine rings is 1. The summed E-state index contributed by atoms with van der Waals surface area (Å²) < 4.78 is 0. The molecule has 1 atom stereocenters. The fraction of sp³-hybridized carbons (Fsp3) is 0.300. The minimum Gasteiger partial charge on any atom is -0.378 e. The van der Waals surface area contributed by atoms with Gasteiger partial charge in [0.05, 0.1) is 34.9 Å². The van der Waals surface area contributed by atoms with E-state index in [2.05, 4.69) is 29.4 Å². The first-order valence-corrected chi connectivity index (χ1v) is 8.14. The highest BCUT2D eigenvalue weighted by Crippen LogP contribution is 2.26. The number of aromatic nitrogens is 1. The van der Waals surface area contributed by atoms with E-state index in [1.807, 2.05) is 32.0 Å². The van der Waals surface area contributed by atoms with Gasteiger partial charge in [0.1, 0.15) is 0 Å². The Labute approximate surface area is 148 Å². The van der Waals surface area contributed by atoms with Crippen LogP contribution in [0, 0.1) is 28.1 Å². The van der Waals surface area contributed by atoms with Gasteiger partial charge in [0.15, 0.2) is 0 Å². The zero-order chi connectivity index (χ0) is 18.4. The number of nitrogens with zero attached hydrogens (tertiary/aromatic N) is 3. The van der Waals surface area contributed by atoms with Crippen LogP contribution >= 0.6 is 0 Å². The second-order valence-electron chi connectivity index (χ2n) is 6.38. The van der Waals surface area contributed by atoms with Crippen LogP contribution in [0.3, 0.4) is 0 Å². The first-order valence-electron chi connectivity index (χ1n) is 8.14. The molecule has 1 heterocycles. The van der Waals surface area contributed by atoms with E-state index in [-0.39, 0.29) is 6.04 Å². The number of rotatable bonds is 6. The van der Waals surface area contributed by atoms with Gasteiger partial charge in [-0.1, -0.05) is 13.0 Å². The highest BCUT2D eigenvalue weighted by atomic mass is 14.9. The molecule has 1 aromatic heterocycles. The molecule has 0 spiro atoms. The van der Waals surface area contributed by atoms with Crippen molar-refractivity contribution < 1.29 is 0 Å². The van der Waals surface area contributed by atoms with Gasteiger partial charge in [0.2, 0.25) is 0 Å². The molecule has 5 heteroatoms. The van der Waals surface area contributed by atoms with E-state index < -0.39 is 5.41 Å². The average molecular weight is 331 g/mol. The minimum atomic E-state index is -0.617. The normalized spacial score (nSPS) is 11.9. The summed E-state index contributed by atoms with van der Waals surface area (Å²) in [5.74, 6) is 0. The van der Waals surface area contributed by atoms with Crippen molar-refractivity contribution >= 4 is 11.9 Å². The Balaban J connectivity index is 2.28. The molecule has 0 saturated carbocycles. The van der Waals surface area contributed by atoms with Gasteiger partial charge in [0, 0.05) is 23.7 Å². The van der Waals surface area contributed by atoms with Crippen LogP contribution in [0.2, 0.25) is 0 Å². The van der Waals surface area contributed by atoms with Gasteiger partial charge in [-0.25, -0.2) is 0 Å². The van der Waals surface area contributed by atoms with E-state index in [0.29, 0.717) is 11.1 Å². The van der Waals surface area contributed by atoms with Crippen LogP contribution in [0.25, 0.3) is 0 Å². The molecular formula is C20H21N5. The Bertz CT molecular complexity index is 838.